The molecule has 0 bridgehead atoms. The topological polar surface area (TPSA) is 71.5 Å². The van der Waals surface area contributed by atoms with E-state index in [-0.39, 0.29) is 11.8 Å². The Morgan fingerprint density at radius 3 is 2.87 bits per heavy atom. The maximum absolute atomic E-state index is 12.4. The zero-order valence-corrected chi connectivity index (χ0v) is 13.0. The van der Waals surface area contributed by atoms with Crippen LogP contribution >= 0.6 is 0 Å². The second kappa shape index (κ2) is 6.08. The van der Waals surface area contributed by atoms with Gasteiger partial charge in [0, 0.05) is 37.0 Å². The van der Waals surface area contributed by atoms with E-state index in [4.69, 9.17) is 4.74 Å². The number of anilines is 2. The lowest BCUT2D eigenvalue weighted by Gasteiger charge is -2.26. The molecule has 6 heteroatoms. The van der Waals surface area contributed by atoms with Crippen molar-refractivity contribution in [2.24, 2.45) is 0 Å². The van der Waals surface area contributed by atoms with Crippen molar-refractivity contribution in [3.63, 3.8) is 0 Å². The van der Waals surface area contributed by atoms with Crippen LogP contribution in [0.25, 0.3) is 0 Å². The first-order valence-electron chi connectivity index (χ1n) is 7.29. The Morgan fingerprint density at radius 2 is 2.09 bits per heavy atom. The Hall–Kier alpha value is -2.89. The fourth-order valence-corrected chi connectivity index (χ4v) is 2.59. The van der Waals surface area contributed by atoms with Crippen molar-refractivity contribution in [1.82, 2.24) is 4.98 Å². The minimum absolute atomic E-state index is 0.0929. The number of ether oxygens (including phenoxy) is 1. The molecule has 1 aliphatic rings. The minimum Gasteiger partial charge on any atom is -0.497 e. The highest BCUT2D eigenvalue weighted by Gasteiger charge is 2.21. The van der Waals surface area contributed by atoms with Gasteiger partial charge in [0.05, 0.1) is 7.11 Å². The van der Waals surface area contributed by atoms with Gasteiger partial charge >= 0.3 is 0 Å². The zero-order chi connectivity index (χ0) is 16.4. The average molecular weight is 311 g/mol. The molecular weight excluding hydrogens is 294 g/mol. The maximum Gasteiger partial charge on any atom is 0.256 e. The van der Waals surface area contributed by atoms with Crippen LogP contribution in [-0.2, 0) is 11.2 Å². The van der Waals surface area contributed by atoms with Crippen LogP contribution in [0.5, 0.6) is 5.75 Å². The third kappa shape index (κ3) is 3.01. The van der Waals surface area contributed by atoms with Gasteiger partial charge < -0.3 is 15.0 Å². The number of nitrogens with zero attached hydrogens (tertiary/aromatic N) is 2. The number of amides is 2. The Balaban J connectivity index is 1.81. The predicted octanol–water partition coefficient (Wildman–Crippen LogP) is 2.25. The first-order chi connectivity index (χ1) is 11.1. The van der Waals surface area contributed by atoms with Crippen molar-refractivity contribution in [3.8, 4) is 5.75 Å². The van der Waals surface area contributed by atoms with Crippen LogP contribution in [0.1, 0.15) is 22.3 Å². The summed E-state index contributed by atoms with van der Waals surface area (Å²) in [5, 5.41) is 2.75. The number of rotatable bonds is 3. The second-order valence-electron chi connectivity index (χ2n) is 5.33. The number of nitrogens with one attached hydrogen (secondary N) is 1. The summed E-state index contributed by atoms with van der Waals surface area (Å²) in [4.78, 5) is 29.8. The molecule has 23 heavy (non-hydrogen) atoms. The van der Waals surface area contributed by atoms with Crippen molar-refractivity contribution in [2.75, 3.05) is 24.4 Å². The Kier molecular flexibility index (Phi) is 3.97. The molecule has 1 aromatic heterocycles. The molecular formula is C17H17N3O3. The highest BCUT2D eigenvalue weighted by Crippen LogP contribution is 2.27. The lowest BCUT2D eigenvalue weighted by molar-refractivity contribution is -0.118. The standard InChI is InChI=1S/C17H17N3O3/c1-20-14-5-3-12(9-11(14)4-6-16(20)21)17(22)19-15-10-13(23-2)7-8-18-15/h3,5,7-10H,4,6H2,1-2H3,(H,18,19,22). The Morgan fingerprint density at radius 1 is 1.26 bits per heavy atom. The van der Waals surface area contributed by atoms with Gasteiger partial charge in [0.25, 0.3) is 5.91 Å². The molecule has 0 aliphatic carbocycles. The quantitative estimate of drug-likeness (QED) is 0.943. The van der Waals surface area contributed by atoms with Gasteiger partial charge in [-0.05, 0) is 36.2 Å². The smallest absolute Gasteiger partial charge is 0.256 e. The van der Waals surface area contributed by atoms with E-state index < -0.39 is 0 Å². The molecule has 1 N–H and O–H groups in total. The molecule has 0 radical (unpaired) electrons. The van der Waals surface area contributed by atoms with Gasteiger partial charge in [-0.25, -0.2) is 4.98 Å². The summed E-state index contributed by atoms with van der Waals surface area (Å²) < 4.78 is 5.11. The minimum atomic E-state index is -0.242. The number of benzene rings is 1. The lowest BCUT2D eigenvalue weighted by atomic mass is 9.99. The van der Waals surface area contributed by atoms with Gasteiger partial charge in [-0.3, -0.25) is 9.59 Å². The fraction of sp³-hybridized carbons (Fsp3) is 0.235. The zero-order valence-electron chi connectivity index (χ0n) is 13.0. The number of carbonyl (C=O) groups is 2. The molecule has 0 saturated carbocycles. The third-order valence-electron chi connectivity index (χ3n) is 3.89. The average Bonchev–Trinajstić information content (AvgIpc) is 2.58. The number of aryl methyl sites for hydroxylation is 1. The van der Waals surface area contributed by atoms with Crippen LogP contribution in [0.15, 0.2) is 36.5 Å². The fourth-order valence-electron chi connectivity index (χ4n) is 2.59. The molecule has 6 nitrogen and oxygen atoms in total. The van der Waals surface area contributed by atoms with Gasteiger partial charge in [-0.15, -0.1) is 0 Å². The summed E-state index contributed by atoms with van der Waals surface area (Å²) in [6.07, 6.45) is 2.69. The van der Waals surface area contributed by atoms with E-state index in [2.05, 4.69) is 10.3 Å². The van der Waals surface area contributed by atoms with E-state index in [0.29, 0.717) is 30.0 Å². The van der Waals surface area contributed by atoms with E-state index in [0.717, 1.165) is 11.3 Å². The van der Waals surface area contributed by atoms with E-state index in [1.54, 1.807) is 49.5 Å². The monoisotopic (exact) mass is 311 g/mol. The number of pyridine rings is 1. The van der Waals surface area contributed by atoms with Gasteiger partial charge in [0.1, 0.15) is 11.6 Å². The molecule has 0 atom stereocenters. The SMILES string of the molecule is COc1ccnc(NC(=O)c2ccc3c(c2)CCC(=O)N3C)c1. The molecule has 1 aromatic carbocycles. The molecule has 0 unspecified atom stereocenters. The van der Waals surface area contributed by atoms with E-state index in [9.17, 15) is 9.59 Å². The summed E-state index contributed by atoms with van der Waals surface area (Å²) in [5.41, 5.74) is 2.40. The van der Waals surface area contributed by atoms with Gasteiger partial charge in [0.2, 0.25) is 5.91 Å². The van der Waals surface area contributed by atoms with E-state index in [1.165, 1.54) is 0 Å². The van der Waals surface area contributed by atoms with Crippen molar-refractivity contribution in [3.05, 3.63) is 47.7 Å². The number of hydrogen-bond acceptors (Lipinski definition) is 4. The molecule has 3 rings (SSSR count). The van der Waals surface area contributed by atoms with Gasteiger partial charge in [-0.2, -0.15) is 0 Å². The summed E-state index contributed by atoms with van der Waals surface area (Å²) in [5.74, 6) is 0.906. The van der Waals surface area contributed by atoms with Crippen LogP contribution in [-0.4, -0.2) is 31.0 Å². The molecule has 0 spiro atoms. The molecule has 1 aliphatic heterocycles. The van der Waals surface area contributed by atoms with Crippen molar-refractivity contribution >= 4 is 23.3 Å². The summed E-state index contributed by atoms with van der Waals surface area (Å²) in [6.45, 7) is 0. The van der Waals surface area contributed by atoms with Crippen LogP contribution < -0.4 is 15.0 Å². The van der Waals surface area contributed by atoms with Crippen LogP contribution in [0, 0.1) is 0 Å². The molecule has 0 fully saturated rings. The maximum atomic E-state index is 12.4. The number of carbonyl (C=O) groups excluding carboxylic acids is 2. The summed E-state index contributed by atoms with van der Waals surface area (Å²) >= 11 is 0. The molecule has 2 heterocycles. The van der Waals surface area contributed by atoms with Crippen molar-refractivity contribution in [1.29, 1.82) is 0 Å². The highest BCUT2D eigenvalue weighted by molar-refractivity contribution is 6.05. The Bertz CT molecular complexity index is 773. The van der Waals surface area contributed by atoms with Crippen LogP contribution in [0.3, 0.4) is 0 Å². The number of methoxy groups -OCH3 is 1. The van der Waals surface area contributed by atoms with Crippen LogP contribution in [0.4, 0.5) is 11.5 Å². The summed E-state index contributed by atoms with van der Waals surface area (Å²) in [7, 11) is 3.31. The Labute approximate surface area is 134 Å². The van der Waals surface area contributed by atoms with Crippen LogP contribution in [0.2, 0.25) is 0 Å². The first-order valence-corrected chi connectivity index (χ1v) is 7.29. The predicted molar refractivity (Wildman–Crippen MR) is 86.9 cm³/mol. The molecule has 2 aromatic rings. The highest BCUT2D eigenvalue weighted by atomic mass is 16.5. The third-order valence-corrected chi connectivity index (χ3v) is 3.89. The normalized spacial score (nSPS) is 13.5. The lowest BCUT2D eigenvalue weighted by Crippen LogP contribution is -2.31. The van der Waals surface area contributed by atoms with Gasteiger partial charge in [0.15, 0.2) is 0 Å². The van der Waals surface area contributed by atoms with E-state index in [1.807, 2.05) is 6.07 Å². The van der Waals surface area contributed by atoms with Gasteiger partial charge in [-0.1, -0.05) is 0 Å². The first kappa shape index (κ1) is 15.0. The number of fused-ring (bicyclic) bond motifs is 1. The van der Waals surface area contributed by atoms with Crippen molar-refractivity contribution < 1.29 is 14.3 Å². The largest absolute Gasteiger partial charge is 0.497 e. The molecule has 2 amide bonds. The second-order valence-corrected chi connectivity index (χ2v) is 5.33. The van der Waals surface area contributed by atoms with E-state index >= 15 is 0 Å². The summed E-state index contributed by atoms with van der Waals surface area (Å²) in [6, 6.07) is 8.71. The molecule has 118 valence electrons. The van der Waals surface area contributed by atoms with Crippen molar-refractivity contribution in [2.45, 2.75) is 12.8 Å². The number of aromatic nitrogens is 1. The molecule has 0 saturated heterocycles. The number of hydrogen-bond donors (Lipinski definition) is 1.